The van der Waals surface area contributed by atoms with Gasteiger partial charge in [-0.2, -0.15) is 0 Å². The van der Waals surface area contributed by atoms with Gasteiger partial charge in [0.05, 0.1) is 5.25 Å². The summed E-state index contributed by atoms with van der Waals surface area (Å²) in [5.41, 5.74) is 0.781. The van der Waals surface area contributed by atoms with Gasteiger partial charge in [0, 0.05) is 27.5 Å². The fraction of sp³-hybridized carbons (Fsp3) is 0.316. The molecule has 1 N–H and O–H groups in total. The van der Waals surface area contributed by atoms with Crippen molar-refractivity contribution in [3.05, 3.63) is 57.0 Å². The third-order valence-corrected chi connectivity index (χ3v) is 6.73. The topological polar surface area (TPSA) is 59.8 Å². The summed E-state index contributed by atoms with van der Waals surface area (Å²) in [7, 11) is 0. The summed E-state index contributed by atoms with van der Waals surface area (Å²) in [5.74, 6) is 0.949. The third-order valence-electron chi connectivity index (χ3n) is 4.30. The van der Waals surface area contributed by atoms with E-state index in [1.54, 1.807) is 11.3 Å². The normalized spacial score (nSPS) is 14.9. The van der Waals surface area contributed by atoms with Crippen LogP contribution in [0, 0.1) is 0 Å². The van der Waals surface area contributed by atoms with Crippen molar-refractivity contribution in [3.63, 3.8) is 0 Å². The Morgan fingerprint density at radius 2 is 2.22 bits per heavy atom. The van der Waals surface area contributed by atoms with Gasteiger partial charge in [-0.15, -0.1) is 21.5 Å². The van der Waals surface area contributed by atoms with E-state index in [2.05, 4.69) is 53.5 Å². The Bertz CT molecular complexity index is 937. The highest BCUT2D eigenvalue weighted by Crippen LogP contribution is 2.40. The molecule has 0 bridgehead atoms. The number of thiophene rings is 1. The first kappa shape index (κ1) is 18.7. The first-order valence-electron chi connectivity index (χ1n) is 8.79. The average Bonchev–Trinajstić information content (AvgIpc) is 3.19. The molecule has 1 aliphatic carbocycles. The molecule has 1 aromatic carbocycles. The quantitative estimate of drug-likeness (QED) is 0.493. The second kappa shape index (κ2) is 8.16. The van der Waals surface area contributed by atoms with Crippen LogP contribution in [0.5, 0.6) is 0 Å². The van der Waals surface area contributed by atoms with Crippen LogP contribution >= 0.6 is 39.0 Å². The van der Waals surface area contributed by atoms with E-state index >= 15 is 0 Å². The number of benzene rings is 1. The number of amides is 1. The van der Waals surface area contributed by atoms with Gasteiger partial charge in [-0.3, -0.25) is 4.79 Å². The number of aromatic nitrogens is 3. The molecule has 3 aromatic rings. The molecule has 0 radical (unpaired) electrons. The van der Waals surface area contributed by atoms with Gasteiger partial charge in [-0.25, -0.2) is 0 Å². The number of hydrogen-bond acceptors (Lipinski definition) is 5. The predicted molar refractivity (Wildman–Crippen MR) is 114 cm³/mol. The molecule has 8 heteroatoms. The summed E-state index contributed by atoms with van der Waals surface area (Å²) in [5, 5.41) is 14.4. The van der Waals surface area contributed by atoms with Gasteiger partial charge >= 0.3 is 0 Å². The lowest BCUT2D eigenvalue weighted by Crippen LogP contribution is -2.23. The van der Waals surface area contributed by atoms with E-state index in [0.717, 1.165) is 40.4 Å². The van der Waals surface area contributed by atoms with Crippen LogP contribution in [-0.2, 0) is 11.2 Å². The Kier molecular flexibility index (Phi) is 5.66. The molecule has 2 aromatic heterocycles. The molecule has 1 atom stereocenters. The van der Waals surface area contributed by atoms with Crippen molar-refractivity contribution < 1.29 is 4.79 Å². The van der Waals surface area contributed by atoms with E-state index in [0.29, 0.717) is 6.04 Å². The van der Waals surface area contributed by atoms with Crippen LogP contribution in [-0.4, -0.2) is 25.9 Å². The fourth-order valence-corrected chi connectivity index (χ4v) is 4.84. The largest absolute Gasteiger partial charge is 0.325 e. The highest BCUT2D eigenvalue weighted by Gasteiger charge is 2.31. The molecular weight excluding hydrogens is 444 g/mol. The Labute approximate surface area is 174 Å². The lowest BCUT2D eigenvalue weighted by Gasteiger charge is -2.13. The fourth-order valence-electron chi connectivity index (χ4n) is 2.80. The molecule has 4 rings (SSSR count). The van der Waals surface area contributed by atoms with E-state index in [-0.39, 0.29) is 11.2 Å². The first-order chi connectivity index (χ1) is 13.1. The molecule has 0 spiro atoms. The number of halogens is 1. The molecule has 1 fully saturated rings. The minimum atomic E-state index is -0.264. The maximum Gasteiger partial charge on any atom is 0.237 e. The summed E-state index contributed by atoms with van der Waals surface area (Å²) in [4.78, 5) is 13.9. The summed E-state index contributed by atoms with van der Waals surface area (Å²) in [6.07, 6.45) is 3.10. The third kappa shape index (κ3) is 4.62. The molecule has 5 nitrogen and oxygen atoms in total. The summed E-state index contributed by atoms with van der Waals surface area (Å²) in [6.45, 7) is 1.91. The zero-order valence-electron chi connectivity index (χ0n) is 14.8. The highest BCUT2D eigenvalue weighted by molar-refractivity contribution is 9.10. The van der Waals surface area contributed by atoms with Crippen molar-refractivity contribution in [1.29, 1.82) is 0 Å². The monoisotopic (exact) mass is 462 g/mol. The van der Waals surface area contributed by atoms with Gasteiger partial charge in [-0.05, 0) is 49.4 Å². The maximum atomic E-state index is 12.6. The van der Waals surface area contributed by atoms with E-state index in [4.69, 9.17) is 0 Å². The Morgan fingerprint density at radius 1 is 1.37 bits per heavy atom. The smallest absolute Gasteiger partial charge is 0.237 e. The van der Waals surface area contributed by atoms with Crippen molar-refractivity contribution in [2.24, 2.45) is 0 Å². The van der Waals surface area contributed by atoms with E-state index in [1.165, 1.54) is 16.6 Å². The Balaban J connectivity index is 1.46. The highest BCUT2D eigenvalue weighted by atomic mass is 79.9. The van der Waals surface area contributed by atoms with E-state index in [9.17, 15) is 4.79 Å². The lowest BCUT2D eigenvalue weighted by molar-refractivity contribution is -0.115. The van der Waals surface area contributed by atoms with Crippen LogP contribution in [0.15, 0.2) is 51.4 Å². The number of nitrogens with zero attached hydrogens (tertiary/aromatic N) is 3. The van der Waals surface area contributed by atoms with Gasteiger partial charge in [0.2, 0.25) is 5.91 Å². The van der Waals surface area contributed by atoms with Crippen molar-refractivity contribution in [1.82, 2.24) is 14.8 Å². The standard InChI is InChI=1S/C19H19BrN4OS2/c1-12(18(25)21-14-5-2-4-13(20)10-14)27-19-23-22-17(24(19)15-7-8-15)11-16-6-3-9-26-16/h2-6,9-10,12,15H,7-8,11H2,1H3,(H,21,25). The molecule has 0 aliphatic heterocycles. The van der Waals surface area contributed by atoms with Crippen molar-refractivity contribution in [2.75, 3.05) is 5.32 Å². The number of anilines is 1. The number of rotatable bonds is 7. The van der Waals surface area contributed by atoms with Gasteiger partial charge in [0.1, 0.15) is 5.82 Å². The molecule has 2 heterocycles. The van der Waals surface area contributed by atoms with E-state index in [1.807, 2.05) is 31.2 Å². The first-order valence-corrected chi connectivity index (χ1v) is 11.3. The Hall–Kier alpha value is -1.64. The van der Waals surface area contributed by atoms with Gasteiger partial charge in [-0.1, -0.05) is 39.8 Å². The van der Waals surface area contributed by atoms with Crippen molar-refractivity contribution in [3.8, 4) is 0 Å². The number of hydrogen-bond donors (Lipinski definition) is 1. The molecule has 140 valence electrons. The van der Waals surface area contributed by atoms with Crippen LogP contribution in [0.25, 0.3) is 0 Å². The molecule has 1 saturated carbocycles. The van der Waals surface area contributed by atoms with Crippen LogP contribution in [0.3, 0.4) is 0 Å². The minimum Gasteiger partial charge on any atom is -0.325 e. The molecule has 1 unspecified atom stereocenters. The molecule has 1 aliphatic rings. The van der Waals surface area contributed by atoms with E-state index < -0.39 is 0 Å². The van der Waals surface area contributed by atoms with Gasteiger partial charge in [0.25, 0.3) is 0 Å². The second-order valence-electron chi connectivity index (χ2n) is 6.52. The number of thioether (sulfide) groups is 1. The number of nitrogens with one attached hydrogen (secondary N) is 1. The maximum absolute atomic E-state index is 12.6. The molecule has 1 amide bonds. The summed E-state index contributed by atoms with van der Waals surface area (Å²) in [6, 6.07) is 12.3. The van der Waals surface area contributed by atoms with Gasteiger partial charge in [0.15, 0.2) is 5.16 Å². The lowest BCUT2D eigenvalue weighted by atomic mass is 10.3. The van der Waals surface area contributed by atoms with Crippen LogP contribution in [0.2, 0.25) is 0 Å². The summed E-state index contributed by atoms with van der Waals surface area (Å²) < 4.78 is 3.17. The number of carbonyl (C=O) groups excluding carboxylic acids is 1. The molecule has 0 saturated heterocycles. The SMILES string of the molecule is CC(Sc1nnc(Cc2cccs2)n1C1CC1)C(=O)Nc1cccc(Br)c1. The average molecular weight is 463 g/mol. The predicted octanol–water partition coefficient (Wildman–Crippen LogP) is 5.15. The molecule has 27 heavy (non-hydrogen) atoms. The zero-order valence-corrected chi connectivity index (χ0v) is 18.0. The van der Waals surface area contributed by atoms with Crippen LogP contribution < -0.4 is 5.32 Å². The van der Waals surface area contributed by atoms with Crippen LogP contribution in [0.4, 0.5) is 5.69 Å². The van der Waals surface area contributed by atoms with Crippen molar-refractivity contribution in [2.45, 2.75) is 42.6 Å². The van der Waals surface area contributed by atoms with Crippen molar-refractivity contribution >= 4 is 50.6 Å². The van der Waals surface area contributed by atoms with Gasteiger partial charge < -0.3 is 9.88 Å². The number of carbonyl (C=O) groups is 1. The Morgan fingerprint density at radius 3 is 2.93 bits per heavy atom. The zero-order chi connectivity index (χ0) is 18.8. The minimum absolute atomic E-state index is 0.0387. The molecular formula is C19H19BrN4OS2. The second-order valence-corrected chi connectivity index (χ2v) is 9.77. The summed E-state index contributed by atoms with van der Waals surface area (Å²) >= 11 is 6.63. The van der Waals surface area contributed by atoms with Crippen LogP contribution in [0.1, 0.15) is 36.5 Å².